The van der Waals surface area contributed by atoms with Crippen LogP contribution in [0.2, 0.25) is 0 Å². The summed E-state index contributed by atoms with van der Waals surface area (Å²) in [6, 6.07) is 6.95. The van der Waals surface area contributed by atoms with Gasteiger partial charge in [0.1, 0.15) is 0 Å². The van der Waals surface area contributed by atoms with E-state index in [-0.39, 0.29) is 0 Å². The van der Waals surface area contributed by atoms with E-state index in [1.165, 1.54) is 53.4 Å². The minimum Gasteiger partial charge on any atom is -0.101 e. The van der Waals surface area contributed by atoms with Crippen LogP contribution in [0.1, 0.15) is 45.1 Å². The molecule has 0 saturated heterocycles. The number of rotatable bonds is 10. The molecule has 1 aromatic rings. The summed E-state index contributed by atoms with van der Waals surface area (Å²) in [6.45, 7) is 6.75. The Morgan fingerprint density at radius 1 is 0.895 bits per heavy atom. The van der Waals surface area contributed by atoms with Gasteiger partial charge in [0, 0.05) is 9.79 Å². The molecule has 4 heteroatoms. The second-order valence-corrected chi connectivity index (χ2v) is 10.5. The lowest BCUT2D eigenvalue weighted by atomic mass is 10.2. The monoisotopic (exact) mass is 332 g/mol. The van der Waals surface area contributed by atoms with Gasteiger partial charge < -0.3 is 0 Å². The van der Waals surface area contributed by atoms with Gasteiger partial charge in [0.15, 0.2) is 0 Å². The van der Waals surface area contributed by atoms with Crippen molar-refractivity contribution in [2.75, 3.05) is 12.3 Å². The Hall–Kier alpha value is 0.780. The van der Waals surface area contributed by atoms with Crippen molar-refractivity contribution >= 4 is 38.3 Å². The Labute approximate surface area is 130 Å². The smallest absolute Gasteiger partial charge is 0.0255 e. The molecule has 0 saturated carbocycles. The zero-order valence-electron chi connectivity index (χ0n) is 12.3. The number of aryl methyl sites for hydroxylation is 1. The van der Waals surface area contributed by atoms with Gasteiger partial charge in [-0.05, 0) is 49.8 Å². The van der Waals surface area contributed by atoms with E-state index in [1.54, 1.807) is 0 Å². The lowest BCUT2D eigenvalue weighted by molar-refractivity contribution is 0.896. The molecular weight excluding hydrogens is 306 g/mol. The fourth-order valence-corrected chi connectivity index (χ4v) is 7.90. The van der Waals surface area contributed by atoms with E-state index < -0.39 is 0 Å². The van der Waals surface area contributed by atoms with Crippen LogP contribution >= 0.6 is 38.3 Å². The molecule has 19 heavy (non-hydrogen) atoms. The molecule has 0 aliphatic heterocycles. The van der Waals surface area contributed by atoms with Crippen molar-refractivity contribution in [1.29, 1.82) is 0 Å². The predicted molar refractivity (Wildman–Crippen MR) is 99.1 cm³/mol. The molecule has 0 N–H and O–H groups in total. The molecule has 0 aliphatic rings. The van der Waals surface area contributed by atoms with E-state index in [0.29, 0.717) is 0 Å². The van der Waals surface area contributed by atoms with Crippen LogP contribution in [0.15, 0.2) is 28.0 Å². The molecule has 0 aliphatic carbocycles. The average molecular weight is 332 g/mol. The largest absolute Gasteiger partial charge is 0.101 e. The van der Waals surface area contributed by atoms with Gasteiger partial charge in [-0.3, -0.25) is 0 Å². The van der Waals surface area contributed by atoms with E-state index in [4.69, 9.17) is 0 Å². The number of benzene rings is 1. The Balaban J connectivity index is 2.48. The quantitative estimate of drug-likeness (QED) is 0.335. The van der Waals surface area contributed by atoms with Crippen LogP contribution in [-0.4, -0.2) is 12.3 Å². The molecular formula is C15H26P2S2. The molecule has 0 spiro atoms. The van der Waals surface area contributed by atoms with Crippen molar-refractivity contribution in [2.45, 2.75) is 56.2 Å². The zero-order chi connectivity index (χ0) is 13.9. The van der Waals surface area contributed by atoms with Gasteiger partial charge in [-0.2, -0.15) is 0 Å². The van der Waals surface area contributed by atoms with Crippen molar-refractivity contribution in [2.24, 2.45) is 0 Å². The van der Waals surface area contributed by atoms with E-state index >= 15 is 0 Å². The van der Waals surface area contributed by atoms with Crippen molar-refractivity contribution in [1.82, 2.24) is 0 Å². The van der Waals surface area contributed by atoms with Crippen molar-refractivity contribution < 1.29 is 0 Å². The first-order valence-electron chi connectivity index (χ1n) is 7.18. The van der Waals surface area contributed by atoms with Crippen LogP contribution in [0.4, 0.5) is 0 Å². The van der Waals surface area contributed by atoms with Gasteiger partial charge in [-0.25, -0.2) is 0 Å². The summed E-state index contributed by atoms with van der Waals surface area (Å²) in [5.41, 5.74) is 1.39. The third-order valence-corrected chi connectivity index (χ3v) is 8.81. The molecule has 1 rings (SSSR count). The van der Waals surface area contributed by atoms with E-state index in [2.05, 4.69) is 61.7 Å². The highest BCUT2D eigenvalue weighted by molar-refractivity contribution is 8.51. The van der Waals surface area contributed by atoms with Crippen LogP contribution in [0.3, 0.4) is 0 Å². The lowest BCUT2D eigenvalue weighted by Gasteiger charge is -2.10. The van der Waals surface area contributed by atoms with Crippen LogP contribution in [-0.2, 0) is 0 Å². The van der Waals surface area contributed by atoms with Crippen molar-refractivity contribution in [3.8, 4) is 0 Å². The minimum atomic E-state index is 1.02. The summed E-state index contributed by atoms with van der Waals surface area (Å²) in [6.07, 6.45) is 8.13. The summed E-state index contributed by atoms with van der Waals surface area (Å²) in [5.74, 6) is 0. The second-order valence-electron chi connectivity index (χ2n) is 4.65. The average Bonchev–Trinajstić information content (AvgIpc) is 2.41. The molecule has 2 atom stereocenters. The first kappa shape index (κ1) is 17.8. The summed E-state index contributed by atoms with van der Waals surface area (Å²) >= 11 is 4.15. The highest BCUT2D eigenvalue weighted by Gasteiger charge is 2.04. The maximum atomic E-state index is 2.37. The van der Waals surface area contributed by atoms with Gasteiger partial charge in [0.25, 0.3) is 0 Å². The Morgan fingerprint density at radius 2 is 1.47 bits per heavy atom. The van der Waals surface area contributed by atoms with Crippen molar-refractivity contribution in [3.05, 3.63) is 23.8 Å². The van der Waals surface area contributed by atoms with Gasteiger partial charge >= 0.3 is 0 Å². The molecule has 1 aromatic carbocycles. The van der Waals surface area contributed by atoms with Crippen LogP contribution < -0.4 is 0 Å². The minimum absolute atomic E-state index is 1.02. The molecule has 0 heterocycles. The van der Waals surface area contributed by atoms with Gasteiger partial charge in [-0.1, -0.05) is 48.3 Å². The highest BCUT2D eigenvalue weighted by Crippen LogP contribution is 2.47. The summed E-state index contributed by atoms with van der Waals surface area (Å²) < 4.78 is 0. The first-order valence-corrected chi connectivity index (χ1v) is 12.7. The van der Waals surface area contributed by atoms with E-state index in [0.717, 1.165) is 15.6 Å². The number of unbranched alkanes of at least 4 members (excludes halogenated alkanes) is 2. The van der Waals surface area contributed by atoms with Gasteiger partial charge in [0.05, 0.1) is 0 Å². The Morgan fingerprint density at radius 3 is 2.05 bits per heavy atom. The maximum Gasteiger partial charge on any atom is 0.0255 e. The number of hydrogen-bond donors (Lipinski definition) is 0. The molecule has 0 nitrogen and oxygen atoms in total. The Bertz CT molecular complexity index is 356. The van der Waals surface area contributed by atoms with E-state index in [1.807, 2.05) is 0 Å². The molecule has 0 fully saturated rings. The molecule has 0 amide bonds. The molecule has 0 radical (unpaired) electrons. The zero-order valence-corrected chi connectivity index (χ0v) is 15.9. The van der Waals surface area contributed by atoms with Gasteiger partial charge in [-0.15, -0.1) is 22.8 Å². The van der Waals surface area contributed by atoms with Crippen molar-refractivity contribution in [3.63, 3.8) is 0 Å². The second kappa shape index (κ2) is 11.4. The maximum absolute atomic E-state index is 2.37. The first-order chi connectivity index (χ1) is 9.27. The molecule has 2 unspecified atom stereocenters. The predicted octanol–water partition coefficient (Wildman–Crippen LogP) is 6.97. The van der Waals surface area contributed by atoms with Crippen LogP contribution in [0, 0.1) is 6.92 Å². The fourth-order valence-electron chi connectivity index (χ4n) is 1.53. The lowest BCUT2D eigenvalue weighted by Crippen LogP contribution is -1.79. The topological polar surface area (TPSA) is 0 Å². The van der Waals surface area contributed by atoms with Crippen LogP contribution in [0.5, 0.6) is 0 Å². The third-order valence-electron chi connectivity index (χ3n) is 2.73. The third kappa shape index (κ3) is 7.96. The Kier molecular flexibility index (Phi) is 10.7. The van der Waals surface area contributed by atoms with Crippen LogP contribution in [0.25, 0.3) is 0 Å². The summed E-state index contributed by atoms with van der Waals surface area (Å²) in [4.78, 5) is 3.03. The summed E-state index contributed by atoms with van der Waals surface area (Å²) in [7, 11) is 2.04. The van der Waals surface area contributed by atoms with Gasteiger partial charge in [0.2, 0.25) is 0 Å². The molecule has 0 aromatic heterocycles. The SMILES string of the molecule is CCCCPSc1ccc(C)cc1SPCCCC. The number of hydrogen-bond acceptors (Lipinski definition) is 2. The molecule has 108 valence electrons. The standard InChI is InChI=1S/C15H26P2S2/c1-4-6-10-16-18-14-9-8-13(3)12-15(14)19-17-11-7-5-2/h8-9,12,16-17H,4-7,10-11H2,1-3H3. The fraction of sp³-hybridized carbons (Fsp3) is 0.600. The molecule has 0 bridgehead atoms. The highest BCUT2D eigenvalue weighted by atomic mass is 32.7. The summed E-state index contributed by atoms with van der Waals surface area (Å²) in [5, 5.41) is 0. The van der Waals surface area contributed by atoms with E-state index in [9.17, 15) is 0 Å². The normalized spacial score (nSPS) is 12.2.